The molecule has 0 radical (unpaired) electrons. The predicted molar refractivity (Wildman–Crippen MR) is 79.8 cm³/mol. The van der Waals surface area contributed by atoms with E-state index in [-0.39, 0.29) is 23.8 Å². The van der Waals surface area contributed by atoms with Gasteiger partial charge in [-0.05, 0) is 30.3 Å². The van der Waals surface area contributed by atoms with Gasteiger partial charge in [0.1, 0.15) is 12.3 Å². The van der Waals surface area contributed by atoms with Gasteiger partial charge in [0.05, 0.1) is 11.4 Å². The average molecular weight is 318 g/mol. The largest absolute Gasteiger partial charge is 0.435 e. The lowest BCUT2D eigenvalue weighted by Gasteiger charge is -2.29. The van der Waals surface area contributed by atoms with Crippen LogP contribution in [0.15, 0.2) is 48.5 Å². The van der Waals surface area contributed by atoms with Crippen LogP contribution in [-0.2, 0) is 4.79 Å². The minimum atomic E-state index is -2.97. The highest BCUT2D eigenvalue weighted by Crippen LogP contribution is 2.30. The van der Waals surface area contributed by atoms with E-state index >= 15 is 0 Å². The number of carbonyl (C=O) groups excluding carboxylic acids is 2. The van der Waals surface area contributed by atoms with Crippen LogP contribution in [0, 0.1) is 0 Å². The monoisotopic (exact) mass is 318 g/mol. The molecule has 0 spiro atoms. The Balaban J connectivity index is 1.93. The van der Waals surface area contributed by atoms with Crippen LogP contribution in [-0.4, -0.2) is 25.0 Å². The van der Waals surface area contributed by atoms with E-state index in [1.54, 1.807) is 24.3 Å². The van der Waals surface area contributed by atoms with E-state index in [2.05, 4.69) is 10.1 Å². The van der Waals surface area contributed by atoms with Crippen molar-refractivity contribution in [1.29, 1.82) is 0 Å². The summed E-state index contributed by atoms with van der Waals surface area (Å²) in [4.78, 5) is 25.7. The second-order valence-electron chi connectivity index (χ2n) is 4.86. The van der Waals surface area contributed by atoms with Crippen LogP contribution in [0.2, 0.25) is 0 Å². The lowest BCUT2D eigenvalue weighted by atomic mass is 10.1. The van der Waals surface area contributed by atoms with Gasteiger partial charge in [0.25, 0.3) is 5.91 Å². The number of para-hydroxylation sites is 2. The molecule has 1 aliphatic heterocycles. The summed E-state index contributed by atoms with van der Waals surface area (Å²) in [6, 6.07) is 12.4. The molecule has 0 unspecified atom stereocenters. The number of fused-ring (bicyclic) bond motifs is 1. The van der Waals surface area contributed by atoms with Crippen molar-refractivity contribution in [2.45, 2.75) is 6.61 Å². The van der Waals surface area contributed by atoms with Crippen LogP contribution in [0.5, 0.6) is 5.75 Å². The summed E-state index contributed by atoms with van der Waals surface area (Å²) in [6.45, 7) is -3.11. The standard InChI is InChI=1S/C16H12F2N2O3/c17-16(18)23-11-5-3-4-10(8-11)15(22)20-9-14(21)19-12-6-1-2-7-13(12)20/h1-8,16H,9H2,(H,19,21). The van der Waals surface area contributed by atoms with Gasteiger partial charge in [0, 0.05) is 5.56 Å². The Labute approximate surface area is 130 Å². The van der Waals surface area contributed by atoms with Crippen molar-refractivity contribution in [3.63, 3.8) is 0 Å². The summed E-state index contributed by atoms with van der Waals surface area (Å²) in [5.41, 5.74) is 1.24. The van der Waals surface area contributed by atoms with Gasteiger partial charge in [0.15, 0.2) is 0 Å². The fourth-order valence-electron chi connectivity index (χ4n) is 2.38. The van der Waals surface area contributed by atoms with Gasteiger partial charge in [-0.1, -0.05) is 18.2 Å². The number of ether oxygens (including phenoxy) is 1. The summed E-state index contributed by atoms with van der Waals surface area (Å²) >= 11 is 0. The number of benzene rings is 2. The summed E-state index contributed by atoms with van der Waals surface area (Å²) in [5.74, 6) is -0.898. The second kappa shape index (κ2) is 6.04. The molecule has 0 aliphatic carbocycles. The van der Waals surface area contributed by atoms with Crippen molar-refractivity contribution in [2.75, 3.05) is 16.8 Å². The van der Waals surface area contributed by atoms with E-state index < -0.39 is 12.5 Å². The van der Waals surface area contributed by atoms with Crippen molar-refractivity contribution in [3.8, 4) is 5.75 Å². The van der Waals surface area contributed by atoms with Crippen LogP contribution in [0.4, 0.5) is 20.2 Å². The normalized spacial score (nSPS) is 13.5. The zero-order valence-corrected chi connectivity index (χ0v) is 11.8. The van der Waals surface area contributed by atoms with Gasteiger partial charge in [-0.2, -0.15) is 8.78 Å². The third-order valence-corrected chi connectivity index (χ3v) is 3.32. The lowest BCUT2D eigenvalue weighted by Crippen LogP contribution is -2.42. The van der Waals surface area contributed by atoms with Crippen molar-refractivity contribution >= 4 is 23.2 Å². The smallest absolute Gasteiger partial charge is 0.387 e. The van der Waals surface area contributed by atoms with E-state index in [4.69, 9.17) is 0 Å². The number of anilines is 2. The Morgan fingerprint density at radius 2 is 1.96 bits per heavy atom. The molecule has 2 aromatic carbocycles. The molecule has 5 nitrogen and oxygen atoms in total. The van der Waals surface area contributed by atoms with E-state index in [1.165, 1.54) is 29.2 Å². The Morgan fingerprint density at radius 3 is 2.74 bits per heavy atom. The molecule has 23 heavy (non-hydrogen) atoms. The third-order valence-electron chi connectivity index (χ3n) is 3.32. The maximum Gasteiger partial charge on any atom is 0.387 e. The Morgan fingerprint density at radius 1 is 1.17 bits per heavy atom. The highest BCUT2D eigenvalue weighted by molar-refractivity contribution is 6.15. The second-order valence-corrected chi connectivity index (χ2v) is 4.86. The molecule has 1 N–H and O–H groups in total. The SMILES string of the molecule is O=C1CN(C(=O)c2cccc(OC(F)F)c2)c2ccccc2N1. The minimum absolute atomic E-state index is 0.111. The van der Waals surface area contributed by atoms with E-state index in [1.807, 2.05) is 0 Å². The van der Waals surface area contributed by atoms with Crippen LogP contribution in [0.25, 0.3) is 0 Å². The first-order valence-corrected chi connectivity index (χ1v) is 6.80. The third kappa shape index (κ3) is 3.13. The number of halogens is 2. The molecule has 3 rings (SSSR count). The van der Waals surface area contributed by atoms with E-state index in [9.17, 15) is 18.4 Å². The molecule has 0 atom stereocenters. The molecule has 0 bridgehead atoms. The molecule has 1 aliphatic rings. The number of alkyl halides is 2. The summed E-state index contributed by atoms with van der Waals surface area (Å²) < 4.78 is 28.9. The fraction of sp³-hybridized carbons (Fsp3) is 0.125. The van der Waals surface area contributed by atoms with Crippen molar-refractivity contribution in [3.05, 3.63) is 54.1 Å². The molecule has 0 saturated heterocycles. The summed E-state index contributed by atoms with van der Waals surface area (Å²) in [7, 11) is 0. The molecule has 0 fully saturated rings. The topological polar surface area (TPSA) is 58.6 Å². The molecule has 0 aromatic heterocycles. The van der Waals surface area contributed by atoms with Crippen molar-refractivity contribution in [2.24, 2.45) is 0 Å². The molecule has 7 heteroatoms. The number of nitrogens with one attached hydrogen (secondary N) is 1. The number of hydrogen-bond donors (Lipinski definition) is 1. The number of rotatable bonds is 3. The molecular formula is C16H12F2N2O3. The van der Waals surface area contributed by atoms with Gasteiger partial charge < -0.3 is 10.1 Å². The number of nitrogens with zero attached hydrogens (tertiary/aromatic N) is 1. The van der Waals surface area contributed by atoms with Gasteiger partial charge >= 0.3 is 6.61 Å². The first kappa shape index (κ1) is 15.0. The van der Waals surface area contributed by atoms with Crippen molar-refractivity contribution in [1.82, 2.24) is 0 Å². The summed E-state index contributed by atoms with van der Waals surface area (Å²) in [6.07, 6.45) is 0. The van der Waals surface area contributed by atoms with Crippen LogP contribution in [0.1, 0.15) is 10.4 Å². The van der Waals surface area contributed by atoms with Crippen molar-refractivity contribution < 1.29 is 23.1 Å². The number of carbonyl (C=O) groups is 2. The highest BCUT2D eigenvalue weighted by Gasteiger charge is 2.27. The minimum Gasteiger partial charge on any atom is -0.435 e. The summed E-state index contributed by atoms with van der Waals surface area (Å²) in [5, 5.41) is 2.68. The quantitative estimate of drug-likeness (QED) is 0.946. The fourth-order valence-corrected chi connectivity index (χ4v) is 2.38. The number of amides is 2. The van der Waals surface area contributed by atoms with Crippen LogP contribution >= 0.6 is 0 Å². The Kier molecular flexibility index (Phi) is 3.92. The van der Waals surface area contributed by atoms with Gasteiger partial charge in [-0.3, -0.25) is 14.5 Å². The highest BCUT2D eigenvalue weighted by atomic mass is 19.3. The molecular weight excluding hydrogens is 306 g/mol. The van der Waals surface area contributed by atoms with E-state index in [0.717, 1.165) is 0 Å². The Hall–Kier alpha value is -2.96. The molecule has 2 amide bonds. The first-order valence-electron chi connectivity index (χ1n) is 6.80. The van der Waals surface area contributed by atoms with Crippen LogP contribution < -0.4 is 15.0 Å². The van der Waals surface area contributed by atoms with Gasteiger partial charge in [-0.15, -0.1) is 0 Å². The molecule has 0 saturated carbocycles. The molecule has 118 valence electrons. The number of hydrogen-bond acceptors (Lipinski definition) is 3. The Bertz CT molecular complexity index is 764. The first-order chi connectivity index (χ1) is 11.0. The maximum atomic E-state index is 12.6. The van der Waals surface area contributed by atoms with Gasteiger partial charge in [0.2, 0.25) is 5.91 Å². The predicted octanol–water partition coefficient (Wildman–Crippen LogP) is 2.89. The van der Waals surface area contributed by atoms with E-state index in [0.29, 0.717) is 11.4 Å². The molecule has 2 aromatic rings. The molecule has 1 heterocycles. The van der Waals surface area contributed by atoms with Gasteiger partial charge in [-0.25, -0.2) is 0 Å². The lowest BCUT2D eigenvalue weighted by molar-refractivity contribution is -0.115. The zero-order chi connectivity index (χ0) is 16.4. The van der Waals surface area contributed by atoms with Crippen LogP contribution in [0.3, 0.4) is 0 Å². The average Bonchev–Trinajstić information content (AvgIpc) is 2.53. The zero-order valence-electron chi connectivity index (χ0n) is 11.8. The maximum absolute atomic E-state index is 12.6.